The number of hydrogen-bond acceptors (Lipinski definition) is 2. The molecule has 58 valence electrons. The van der Waals surface area contributed by atoms with Crippen molar-refractivity contribution in [1.29, 1.82) is 0 Å². The highest BCUT2D eigenvalue weighted by Gasteiger charge is 2.03. The number of rotatable bonds is 1. The van der Waals surface area contributed by atoms with Crippen LogP contribution >= 0.6 is 24.0 Å². The Hall–Kier alpha value is -0.100. The molecule has 0 bridgehead atoms. The lowest BCUT2D eigenvalue weighted by atomic mass is 10.4. The van der Waals surface area contributed by atoms with E-state index >= 15 is 0 Å². The van der Waals surface area contributed by atoms with E-state index < -0.39 is 6.10 Å². The summed E-state index contributed by atoms with van der Waals surface area (Å²) in [6.07, 6.45) is 3.01. The zero-order valence-electron chi connectivity index (χ0n) is 5.98. The second-order valence-electron chi connectivity index (χ2n) is 2.07. The second-order valence-corrected chi connectivity index (χ2v) is 2.07. The Labute approximate surface area is 77.1 Å². The quantitative estimate of drug-likeness (QED) is 0.762. The maximum Gasteiger partial charge on any atom is 0.137 e. The minimum Gasteiger partial charge on any atom is -0.385 e. The van der Waals surface area contributed by atoms with Crippen LogP contribution < -0.4 is 0 Å². The molecule has 3 nitrogen and oxygen atoms in total. The van der Waals surface area contributed by atoms with Gasteiger partial charge in [-0.25, -0.2) is 4.98 Å². The van der Waals surface area contributed by atoms with Gasteiger partial charge < -0.3 is 9.67 Å². The zero-order chi connectivity index (χ0) is 6.85. The average molecular weight is 254 g/mol. The lowest BCUT2D eigenvalue weighted by Crippen LogP contribution is -2.00. The maximum absolute atomic E-state index is 9.01. The number of aromatic nitrogens is 2. The van der Waals surface area contributed by atoms with E-state index in [9.17, 15) is 0 Å². The number of hydrogen-bond donors (Lipinski definition) is 1. The molecule has 1 N–H and O–H groups in total. The summed E-state index contributed by atoms with van der Waals surface area (Å²) in [4.78, 5) is 3.93. The Balaban J connectivity index is 0.000000810. The van der Waals surface area contributed by atoms with Crippen LogP contribution in [0.1, 0.15) is 18.9 Å². The molecule has 0 amide bonds. The highest BCUT2D eigenvalue weighted by molar-refractivity contribution is 14.0. The lowest BCUT2D eigenvalue weighted by Gasteiger charge is -2.01. The summed E-state index contributed by atoms with van der Waals surface area (Å²) < 4.78 is 1.80. The fourth-order valence-electron chi connectivity index (χ4n) is 0.780. The van der Waals surface area contributed by atoms with Gasteiger partial charge in [0.2, 0.25) is 0 Å². The molecular weight excluding hydrogens is 243 g/mol. The van der Waals surface area contributed by atoms with E-state index in [0.717, 1.165) is 0 Å². The summed E-state index contributed by atoms with van der Waals surface area (Å²) >= 11 is 0. The molecule has 0 saturated heterocycles. The summed E-state index contributed by atoms with van der Waals surface area (Å²) in [5, 5.41) is 9.01. The van der Waals surface area contributed by atoms with Gasteiger partial charge in [0.25, 0.3) is 0 Å². The van der Waals surface area contributed by atoms with Crippen LogP contribution in [0.3, 0.4) is 0 Å². The minimum atomic E-state index is -0.468. The first-order valence-electron chi connectivity index (χ1n) is 2.87. The van der Waals surface area contributed by atoms with Crippen LogP contribution in [0.4, 0.5) is 0 Å². The van der Waals surface area contributed by atoms with Crippen LogP contribution in [0.25, 0.3) is 0 Å². The van der Waals surface area contributed by atoms with Crippen LogP contribution in [-0.4, -0.2) is 14.7 Å². The third-order valence-corrected chi connectivity index (χ3v) is 1.23. The standard InChI is InChI=1S/C6H10N2O.HI/c1-5(9)6-7-3-4-8(6)2;/h3-5,9H,1-2H3;1H. The fourth-order valence-corrected chi connectivity index (χ4v) is 0.780. The van der Waals surface area contributed by atoms with Crippen molar-refractivity contribution >= 4 is 24.0 Å². The summed E-state index contributed by atoms with van der Waals surface area (Å²) in [5.41, 5.74) is 0. The molecule has 0 spiro atoms. The summed E-state index contributed by atoms with van der Waals surface area (Å²) in [6, 6.07) is 0. The van der Waals surface area contributed by atoms with Crippen molar-refractivity contribution in [1.82, 2.24) is 9.55 Å². The van der Waals surface area contributed by atoms with Gasteiger partial charge in [-0.3, -0.25) is 0 Å². The molecule has 1 atom stereocenters. The van der Waals surface area contributed by atoms with Gasteiger partial charge >= 0.3 is 0 Å². The largest absolute Gasteiger partial charge is 0.385 e. The molecule has 10 heavy (non-hydrogen) atoms. The Kier molecular flexibility index (Phi) is 3.88. The predicted molar refractivity (Wildman–Crippen MR) is 49.3 cm³/mol. The molecule has 0 aromatic carbocycles. The summed E-state index contributed by atoms with van der Waals surface area (Å²) in [5.74, 6) is 0.704. The molecule has 0 aliphatic carbocycles. The van der Waals surface area contributed by atoms with Crippen molar-refractivity contribution < 1.29 is 5.11 Å². The van der Waals surface area contributed by atoms with Crippen LogP contribution in [0.15, 0.2) is 12.4 Å². The smallest absolute Gasteiger partial charge is 0.137 e. The van der Waals surface area contributed by atoms with Crippen LogP contribution in [0.2, 0.25) is 0 Å². The topological polar surface area (TPSA) is 38.1 Å². The summed E-state index contributed by atoms with van der Waals surface area (Å²) in [6.45, 7) is 1.70. The van der Waals surface area contributed by atoms with E-state index in [1.54, 1.807) is 17.7 Å². The van der Waals surface area contributed by atoms with E-state index in [-0.39, 0.29) is 24.0 Å². The highest BCUT2D eigenvalue weighted by atomic mass is 127. The van der Waals surface area contributed by atoms with E-state index in [1.807, 2.05) is 13.2 Å². The minimum absolute atomic E-state index is 0. The van der Waals surface area contributed by atoms with Gasteiger partial charge in [-0.1, -0.05) is 0 Å². The molecule has 1 heterocycles. The van der Waals surface area contributed by atoms with Gasteiger partial charge in [-0.2, -0.15) is 0 Å². The van der Waals surface area contributed by atoms with Gasteiger partial charge in [-0.05, 0) is 6.92 Å². The average Bonchev–Trinajstić information content (AvgIpc) is 2.13. The summed E-state index contributed by atoms with van der Waals surface area (Å²) in [7, 11) is 1.86. The lowest BCUT2D eigenvalue weighted by molar-refractivity contribution is 0.185. The van der Waals surface area contributed by atoms with Crippen molar-refractivity contribution in [3.63, 3.8) is 0 Å². The number of aliphatic hydroxyl groups excluding tert-OH is 1. The highest BCUT2D eigenvalue weighted by Crippen LogP contribution is 2.05. The predicted octanol–water partition coefficient (Wildman–Crippen LogP) is 1.09. The normalized spacial score (nSPS) is 12.3. The Morgan fingerprint density at radius 1 is 1.70 bits per heavy atom. The molecule has 0 fully saturated rings. The molecule has 1 aromatic heterocycles. The van der Waals surface area contributed by atoms with Crippen molar-refractivity contribution in [2.24, 2.45) is 7.05 Å². The van der Waals surface area contributed by atoms with Crippen molar-refractivity contribution in [2.45, 2.75) is 13.0 Å². The molecule has 0 saturated carbocycles. The fraction of sp³-hybridized carbons (Fsp3) is 0.500. The monoisotopic (exact) mass is 254 g/mol. The van der Waals surface area contributed by atoms with Gasteiger partial charge in [0.15, 0.2) is 0 Å². The molecule has 1 rings (SSSR count). The second kappa shape index (κ2) is 3.92. The number of aliphatic hydroxyl groups is 1. The molecule has 0 radical (unpaired) electrons. The number of aryl methyl sites for hydroxylation is 1. The van der Waals surface area contributed by atoms with Gasteiger partial charge in [0.05, 0.1) is 0 Å². The van der Waals surface area contributed by atoms with Crippen LogP contribution in [0, 0.1) is 0 Å². The first kappa shape index (κ1) is 9.90. The molecule has 4 heteroatoms. The Morgan fingerprint density at radius 3 is 2.50 bits per heavy atom. The van der Waals surface area contributed by atoms with E-state index in [2.05, 4.69) is 4.98 Å². The third kappa shape index (κ3) is 1.95. The van der Waals surface area contributed by atoms with E-state index in [1.165, 1.54) is 0 Å². The van der Waals surface area contributed by atoms with Gasteiger partial charge in [-0.15, -0.1) is 24.0 Å². The molecular formula is C6H11IN2O. The Bertz CT molecular complexity index is 197. The van der Waals surface area contributed by atoms with Gasteiger partial charge in [0.1, 0.15) is 11.9 Å². The SMILES string of the molecule is CC(O)c1nccn1C.I. The molecule has 0 aliphatic rings. The number of imidazole rings is 1. The number of halogens is 1. The van der Waals surface area contributed by atoms with Gasteiger partial charge in [0, 0.05) is 19.4 Å². The molecule has 0 aliphatic heterocycles. The zero-order valence-corrected chi connectivity index (χ0v) is 8.31. The maximum atomic E-state index is 9.01. The van der Waals surface area contributed by atoms with Crippen molar-refractivity contribution in [3.05, 3.63) is 18.2 Å². The van der Waals surface area contributed by atoms with Crippen molar-refractivity contribution in [3.8, 4) is 0 Å². The van der Waals surface area contributed by atoms with Crippen molar-refractivity contribution in [2.75, 3.05) is 0 Å². The van der Waals surface area contributed by atoms with Crippen LogP contribution in [-0.2, 0) is 7.05 Å². The van der Waals surface area contributed by atoms with E-state index in [0.29, 0.717) is 5.82 Å². The molecule has 1 unspecified atom stereocenters. The number of nitrogens with zero attached hydrogens (tertiary/aromatic N) is 2. The first-order chi connectivity index (χ1) is 4.22. The van der Waals surface area contributed by atoms with Crippen LogP contribution in [0.5, 0.6) is 0 Å². The third-order valence-electron chi connectivity index (χ3n) is 1.23. The molecule has 1 aromatic rings. The Morgan fingerprint density at radius 2 is 2.30 bits per heavy atom. The first-order valence-corrected chi connectivity index (χ1v) is 2.87. The van der Waals surface area contributed by atoms with E-state index in [4.69, 9.17) is 5.11 Å².